The molecule has 0 fully saturated rings. The molecule has 0 aliphatic heterocycles. The van der Waals surface area contributed by atoms with Gasteiger partial charge in [-0.1, -0.05) is 42.1 Å². The number of hydrogen-bond acceptors (Lipinski definition) is 7. The molecule has 0 amide bonds. The first kappa shape index (κ1) is 18.8. The molecule has 3 aromatic rings. The molecule has 1 N–H and O–H groups in total. The number of aromatic hydroxyl groups is 1. The van der Waals surface area contributed by atoms with Crippen LogP contribution in [-0.2, 0) is 6.42 Å². The molecule has 7 nitrogen and oxygen atoms in total. The molecule has 2 aromatic carbocycles. The summed E-state index contributed by atoms with van der Waals surface area (Å²) in [5, 5.41) is 23.7. The van der Waals surface area contributed by atoms with Gasteiger partial charge in [-0.3, -0.25) is 0 Å². The van der Waals surface area contributed by atoms with E-state index in [0.29, 0.717) is 28.6 Å². The van der Waals surface area contributed by atoms with Gasteiger partial charge in [0.1, 0.15) is 0 Å². The van der Waals surface area contributed by atoms with Crippen LogP contribution in [0.3, 0.4) is 0 Å². The second-order valence-electron chi connectivity index (χ2n) is 5.60. The average Bonchev–Trinajstić information content (AvgIpc) is 3.09. The summed E-state index contributed by atoms with van der Waals surface area (Å²) >= 11 is 1.47. The normalized spacial score (nSPS) is 11.1. The van der Waals surface area contributed by atoms with Crippen molar-refractivity contribution in [3.05, 3.63) is 59.4 Å². The largest absolute Gasteiger partial charge is 0.502 e. The zero-order chi connectivity index (χ0) is 19.2. The number of rotatable bonds is 7. The van der Waals surface area contributed by atoms with Gasteiger partial charge in [-0.25, -0.2) is 0 Å². The van der Waals surface area contributed by atoms with Crippen molar-refractivity contribution in [2.75, 3.05) is 20.5 Å². The van der Waals surface area contributed by atoms with Crippen LogP contribution in [0.5, 0.6) is 17.2 Å². The van der Waals surface area contributed by atoms with Gasteiger partial charge >= 0.3 is 0 Å². The van der Waals surface area contributed by atoms with Crippen molar-refractivity contribution in [3.8, 4) is 17.2 Å². The van der Waals surface area contributed by atoms with Crippen LogP contribution in [0, 0.1) is 0 Å². The van der Waals surface area contributed by atoms with E-state index in [-0.39, 0.29) is 5.75 Å². The van der Waals surface area contributed by atoms with E-state index < -0.39 is 0 Å². The summed E-state index contributed by atoms with van der Waals surface area (Å²) in [4.78, 5) is 0. The van der Waals surface area contributed by atoms with Crippen molar-refractivity contribution >= 4 is 18.0 Å². The van der Waals surface area contributed by atoms with Gasteiger partial charge in [0.2, 0.25) is 10.9 Å². The van der Waals surface area contributed by atoms with Gasteiger partial charge in [-0.2, -0.15) is 9.78 Å². The minimum atomic E-state index is -0.0454. The number of hydrogen-bond donors (Lipinski definition) is 1. The highest BCUT2D eigenvalue weighted by Crippen LogP contribution is 2.36. The maximum absolute atomic E-state index is 10.0. The molecule has 8 heteroatoms. The van der Waals surface area contributed by atoms with E-state index in [1.54, 1.807) is 23.0 Å². The van der Waals surface area contributed by atoms with Crippen LogP contribution in [-0.4, -0.2) is 46.7 Å². The van der Waals surface area contributed by atoms with Crippen molar-refractivity contribution in [1.29, 1.82) is 0 Å². The molecule has 0 saturated carbocycles. The van der Waals surface area contributed by atoms with E-state index in [1.165, 1.54) is 26.0 Å². The van der Waals surface area contributed by atoms with Crippen LogP contribution in [0.15, 0.2) is 52.7 Å². The Morgan fingerprint density at radius 3 is 2.37 bits per heavy atom. The number of phenolic OH excluding ortho intramolecular Hbond substituents is 1. The van der Waals surface area contributed by atoms with E-state index >= 15 is 0 Å². The minimum absolute atomic E-state index is 0.0454. The average molecular weight is 384 g/mol. The van der Waals surface area contributed by atoms with Crippen LogP contribution in [0.2, 0.25) is 0 Å². The second kappa shape index (κ2) is 8.59. The van der Waals surface area contributed by atoms with Gasteiger partial charge in [-0.05, 0) is 24.0 Å². The number of thioether (sulfide) groups is 1. The highest BCUT2D eigenvalue weighted by Gasteiger charge is 2.13. The summed E-state index contributed by atoms with van der Waals surface area (Å²) in [7, 11) is 2.97. The van der Waals surface area contributed by atoms with Crippen LogP contribution in [0.25, 0.3) is 0 Å². The summed E-state index contributed by atoms with van der Waals surface area (Å²) in [5.41, 5.74) is 1.84. The summed E-state index contributed by atoms with van der Waals surface area (Å²) in [6.45, 7) is 0. The molecule has 0 bridgehead atoms. The SMILES string of the molecule is COc1cc(/C=N\n2c(Cc3ccccc3)nnc2SC)cc(OC)c1O. The quantitative estimate of drug-likeness (QED) is 0.498. The van der Waals surface area contributed by atoms with Crippen molar-refractivity contribution in [1.82, 2.24) is 14.9 Å². The predicted octanol–water partition coefficient (Wildman–Crippen LogP) is 3.20. The molecule has 0 spiro atoms. The Balaban J connectivity index is 1.94. The van der Waals surface area contributed by atoms with E-state index in [2.05, 4.69) is 15.3 Å². The molecule has 0 radical (unpaired) electrons. The molecule has 0 saturated heterocycles. The maximum Gasteiger partial charge on any atom is 0.211 e. The highest BCUT2D eigenvalue weighted by molar-refractivity contribution is 7.98. The molecule has 0 unspecified atom stereocenters. The first-order valence-electron chi connectivity index (χ1n) is 8.17. The monoisotopic (exact) mass is 384 g/mol. The van der Waals surface area contributed by atoms with Gasteiger partial charge in [0.05, 0.1) is 20.4 Å². The zero-order valence-corrected chi connectivity index (χ0v) is 16.1. The number of methoxy groups -OCH3 is 2. The fraction of sp³-hybridized carbons (Fsp3) is 0.211. The standard InChI is InChI=1S/C19H20N4O3S/c1-25-15-9-14(10-16(26-2)18(15)24)12-20-23-17(21-22-19(23)27-3)11-13-7-5-4-6-8-13/h4-10,12,24H,11H2,1-3H3/b20-12-. The van der Waals surface area contributed by atoms with Crippen molar-refractivity contribution in [2.24, 2.45) is 5.10 Å². The lowest BCUT2D eigenvalue weighted by Crippen LogP contribution is -2.01. The number of benzene rings is 2. The summed E-state index contributed by atoms with van der Waals surface area (Å²) in [6, 6.07) is 13.4. The lowest BCUT2D eigenvalue weighted by Gasteiger charge is -2.09. The Labute approximate surface area is 161 Å². The first-order chi connectivity index (χ1) is 13.2. The molecule has 0 aliphatic rings. The van der Waals surface area contributed by atoms with Crippen LogP contribution in [0.1, 0.15) is 17.0 Å². The van der Waals surface area contributed by atoms with E-state index in [1.807, 2.05) is 36.6 Å². The molecule has 1 aromatic heterocycles. The summed E-state index contributed by atoms with van der Waals surface area (Å²) < 4.78 is 12.1. The summed E-state index contributed by atoms with van der Waals surface area (Å²) in [6.07, 6.45) is 4.20. The van der Waals surface area contributed by atoms with Gasteiger partial charge < -0.3 is 14.6 Å². The summed E-state index contributed by atoms with van der Waals surface area (Å²) in [5.74, 6) is 1.32. The second-order valence-corrected chi connectivity index (χ2v) is 6.37. The van der Waals surface area contributed by atoms with E-state index in [9.17, 15) is 5.11 Å². The number of aromatic nitrogens is 3. The fourth-order valence-electron chi connectivity index (χ4n) is 2.54. The maximum atomic E-state index is 10.0. The third-order valence-corrected chi connectivity index (χ3v) is 4.51. The fourth-order valence-corrected chi connectivity index (χ4v) is 2.99. The Morgan fingerprint density at radius 2 is 1.78 bits per heavy atom. The van der Waals surface area contributed by atoms with Crippen molar-refractivity contribution < 1.29 is 14.6 Å². The lowest BCUT2D eigenvalue weighted by molar-refractivity contribution is 0.340. The molecular formula is C19H20N4O3S. The van der Waals surface area contributed by atoms with Crippen LogP contribution >= 0.6 is 11.8 Å². The third-order valence-electron chi connectivity index (χ3n) is 3.89. The molecule has 140 valence electrons. The molecule has 0 aliphatic carbocycles. The van der Waals surface area contributed by atoms with Crippen LogP contribution < -0.4 is 9.47 Å². The van der Waals surface area contributed by atoms with Crippen molar-refractivity contribution in [3.63, 3.8) is 0 Å². The number of phenols is 1. The predicted molar refractivity (Wildman–Crippen MR) is 105 cm³/mol. The van der Waals surface area contributed by atoms with Gasteiger partial charge in [0, 0.05) is 12.0 Å². The number of ether oxygens (including phenoxy) is 2. The smallest absolute Gasteiger partial charge is 0.211 e. The Bertz CT molecular complexity index is 916. The molecule has 3 rings (SSSR count). The molecular weight excluding hydrogens is 364 g/mol. The Hall–Kier alpha value is -3.00. The Morgan fingerprint density at radius 1 is 1.11 bits per heavy atom. The topological polar surface area (TPSA) is 81.8 Å². The first-order valence-corrected chi connectivity index (χ1v) is 9.40. The van der Waals surface area contributed by atoms with Gasteiger partial charge in [-0.15, -0.1) is 10.2 Å². The van der Waals surface area contributed by atoms with Gasteiger partial charge in [0.25, 0.3) is 0 Å². The zero-order valence-electron chi connectivity index (χ0n) is 15.3. The number of nitrogens with zero attached hydrogens (tertiary/aromatic N) is 4. The third kappa shape index (κ3) is 4.22. The lowest BCUT2D eigenvalue weighted by atomic mass is 10.1. The molecule has 0 atom stereocenters. The van der Waals surface area contributed by atoms with E-state index in [4.69, 9.17) is 9.47 Å². The van der Waals surface area contributed by atoms with Crippen LogP contribution in [0.4, 0.5) is 0 Å². The Kier molecular flexibility index (Phi) is 5.97. The highest BCUT2D eigenvalue weighted by atomic mass is 32.2. The minimum Gasteiger partial charge on any atom is -0.502 e. The van der Waals surface area contributed by atoms with E-state index in [0.717, 1.165) is 11.4 Å². The molecule has 27 heavy (non-hydrogen) atoms. The van der Waals surface area contributed by atoms with Gasteiger partial charge in [0.15, 0.2) is 17.3 Å². The molecule has 1 heterocycles. The van der Waals surface area contributed by atoms with Crippen molar-refractivity contribution in [2.45, 2.75) is 11.6 Å².